The van der Waals surface area contributed by atoms with E-state index in [1.807, 2.05) is 32.0 Å². The first-order valence-corrected chi connectivity index (χ1v) is 7.84. The van der Waals surface area contributed by atoms with Gasteiger partial charge >= 0.3 is 0 Å². The largest absolute Gasteiger partial charge is 0.366 e. The van der Waals surface area contributed by atoms with Crippen LogP contribution in [0.2, 0.25) is 0 Å². The topological polar surface area (TPSA) is 110 Å². The van der Waals surface area contributed by atoms with Gasteiger partial charge in [-0.3, -0.25) is 4.79 Å². The fourth-order valence-electron chi connectivity index (χ4n) is 2.65. The summed E-state index contributed by atoms with van der Waals surface area (Å²) in [5.41, 5.74) is 9.52. The van der Waals surface area contributed by atoms with E-state index in [-0.39, 0.29) is 11.3 Å². The van der Waals surface area contributed by atoms with E-state index in [2.05, 4.69) is 21.1 Å². The van der Waals surface area contributed by atoms with Crippen molar-refractivity contribution in [2.75, 3.05) is 0 Å². The van der Waals surface area contributed by atoms with Crippen LogP contribution in [0.15, 0.2) is 42.9 Å². The van der Waals surface area contributed by atoms with Gasteiger partial charge in [-0.2, -0.15) is 5.26 Å². The molecule has 2 N–H and O–H groups in total. The minimum absolute atomic E-state index is 0.198. The quantitative estimate of drug-likeness (QED) is 0.730. The van der Waals surface area contributed by atoms with Gasteiger partial charge in [0.1, 0.15) is 18.1 Å². The van der Waals surface area contributed by atoms with Crippen LogP contribution in [-0.4, -0.2) is 25.7 Å². The number of carbonyl (C=O) groups is 1. The molecule has 0 saturated heterocycles. The first-order valence-electron chi connectivity index (χ1n) is 7.84. The molecule has 0 aliphatic heterocycles. The summed E-state index contributed by atoms with van der Waals surface area (Å²) < 4.78 is 1.43. The predicted octanol–water partition coefficient (Wildman–Crippen LogP) is 2.31. The van der Waals surface area contributed by atoms with Crippen LogP contribution >= 0.6 is 0 Å². The fraction of sp³-hybridized carbons (Fsp3) is 0.105. The van der Waals surface area contributed by atoms with Crippen LogP contribution in [0, 0.1) is 25.2 Å². The van der Waals surface area contributed by atoms with E-state index in [0.29, 0.717) is 11.4 Å². The van der Waals surface area contributed by atoms with Crippen LogP contribution in [0.4, 0.5) is 0 Å². The molecule has 0 saturated carbocycles. The molecule has 26 heavy (non-hydrogen) atoms. The molecule has 1 aromatic carbocycles. The molecular weight excluding hydrogens is 328 g/mol. The number of primary amides is 1. The third-order valence-corrected chi connectivity index (χ3v) is 3.70. The lowest BCUT2D eigenvalue weighted by atomic mass is 10.1. The maximum absolute atomic E-state index is 11.9. The molecule has 1 amide bonds. The van der Waals surface area contributed by atoms with Gasteiger partial charge < -0.3 is 5.73 Å². The molecule has 3 rings (SSSR count). The van der Waals surface area contributed by atoms with E-state index in [9.17, 15) is 4.79 Å². The summed E-state index contributed by atoms with van der Waals surface area (Å²) in [6.07, 6.45) is 4.44. The van der Waals surface area contributed by atoms with Crippen molar-refractivity contribution >= 4 is 17.7 Å². The Labute approximate surface area is 150 Å². The number of hydrogen-bond donors (Lipinski definition) is 1. The third kappa shape index (κ3) is 3.65. The van der Waals surface area contributed by atoms with Crippen LogP contribution in [0.3, 0.4) is 0 Å². The Morgan fingerprint density at radius 3 is 2.58 bits per heavy atom. The highest BCUT2D eigenvalue weighted by Gasteiger charge is 2.11. The van der Waals surface area contributed by atoms with E-state index < -0.39 is 5.91 Å². The van der Waals surface area contributed by atoms with Gasteiger partial charge in [0.25, 0.3) is 5.91 Å². The molecule has 0 aliphatic rings. The molecule has 0 aliphatic carbocycles. The van der Waals surface area contributed by atoms with E-state index in [0.717, 1.165) is 16.7 Å². The number of aromatic nitrogens is 4. The molecule has 2 heterocycles. The summed E-state index contributed by atoms with van der Waals surface area (Å²) in [5, 5.41) is 13.4. The standard InChI is InChI=1S/C19H16N6O/c1-12-5-13(2)7-15(6-12)19-23-11-25(24-19)10-17(18(21)26)14-3-4-22-16(8-14)9-20/h3-8,10-11H,1-2H3,(H2,21,26). The van der Waals surface area contributed by atoms with Crippen molar-refractivity contribution in [3.63, 3.8) is 0 Å². The molecular formula is C19H16N6O. The molecule has 7 nitrogen and oxygen atoms in total. The summed E-state index contributed by atoms with van der Waals surface area (Å²) in [6, 6.07) is 11.1. The molecule has 0 atom stereocenters. The lowest BCUT2D eigenvalue weighted by molar-refractivity contribution is -0.112. The molecule has 2 aromatic heterocycles. The van der Waals surface area contributed by atoms with E-state index in [1.165, 1.54) is 29.5 Å². The van der Waals surface area contributed by atoms with Crippen molar-refractivity contribution < 1.29 is 4.79 Å². The number of nitrogens with two attached hydrogens (primary N) is 1. The summed E-state index contributed by atoms with van der Waals surface area (Å²) in [5.74, 6) is -0.0900. The molecule has 0 unspecified atom stereocenters. The number of pyridine rings is 1. The average molecular weight is 344 g/mol. The van der Waals surface area contributed by atoms with Gasteiger partial charge in [0.15, 0.2) is 5.82 Å². The van der Waals surface area contributed by atoms with E-state index in [1.54, 1.807) is 6.07 Å². The number of benzene rings is 1. The van der Waals surface area contributed by atoms with Crippen molar-refractivity contribution in [3.8, 4) is 17.5 Å². The zero-order chi connectivity index (χ0) is 18.7. The first-order chi connectivity index (χ1) is 12.5. The van der Waals surface area contributed by atoms with Crippen LogP contribution < -0.4 is 5.73 Å². The number of carbonyl (C=O) groups excluding carboxylic acids is 1. The Morgan fingerprint density at radius 1 is 1.19 bits per heavy atom. The Hall–Kier alpha value is -3.79. The minimum atomic E-state index is -0.636. The molecule has 0 fully saturated rings. The summed E-state index contributed by atoms with van der Waals surface area (Å²) >= 11 is 0. The van der Waals surface area contributed by atoms with E-state index in [4.69, 9.17) is 11.0 Å². The normalized spacial score (nSPS) is 11.2. The Balaban J connectivity index is 2.01. The van der Waals surface area contributed by atoms with Gasteiger partial charge in [0, 0.05) is 18.0 Å². The molecule has 128 valence electrons. The Bertz CT molecular complexity index is 1040. The Kier molecular flexibility index (Phi) is 4.58. The number of amides is 1. The minimum Gasteiger partial charge on any atom is -0.366 e. The lowest BCUT2D eigenvalue weighted by Gasteiger charge is -2.04. The van der Waals surface area contributed by atoms with Gasteiger partial charge in [-0.15, -0.1) is 5.10 Å². The average Bonchev–Trinajstić information content (AvgIpc) is 3.07. The zero-order valence-electron chi connectivity index (χ0n) is 14.3. The Morgan fingerprint density at radius 2 is 1.92 bits per heavy atom. The number of rotatable bonds is 4. The number of aryl methyl sites for hydroxylation is 2. The van der Waals surface area contributed by atoms with Crippen LogP contribution in [0.25, 0.3) is 23.2 Å². The fourth-order valence-corrected chi connectivity index (χ4v) is 2.65. The van der Waals surface area contributed by atoms with E-state index >= 15 is 0 Å². The first kappa shape index (κ1) is 17.0. The lowest BCUT2D eigenvalue weighted by Crippen LogP contribution is -2.14. The summed E-state index contributed by atoms with van der Waals surface area (Å²) in [7, 11) is 0. The van der Waals surface area contributed by atoms with Crippen molar-refractivity contribution in [3.05, 3.63) is 65.2 Å². The highest BCUT2D eigenvalue weighted by atomic mass is 16.1. The molecule has 0 spiro atoms. The van der Waals surface area contributed by atoms with Crippen LogP contribution in [0.1, 0.15) is 22.4 Å². The van der Waals surface area contributed by atoms with Gasteiger partial charge in [0.05, 0.1) is 5.57 Å². The monoisotopic (exact) mass is 344 g/mol. The van der Waals surface area contributed by atoms with Crippen LogP contribution in [-0.2, 0) is 4.79 Å². The maximum atomic E-state index is 11.9. The number of nitrogens with zero attached hydrogens (tertiary/aromatic N) is 5. The summed E-state index contributed by atoms with van der Waals surface area (Å²) in [4.78, 5) is 20.0. The zero-order valence-corrected chi connectivity index (χ0v) is 14.3. The number of hydrogen-bond acceptors (Lipinski definition) is 5. The second-order valence-corrected chi connectivity index (χ2v) is 5.87. The third-order valence-electron chi connectivity index (χ3n) is 3.70. The smallest absolute Gasteiger partial charge is 0.250 e. The molecule has 0 bridgehead atoms. The molecule has 3 aromatic rings. The van der Waals surface area contributed by atoms with Crippen molar-refractivity contribution in [2.24, 2.45) is 5.73 Å². The van der Waals surface area contributed by atoms with Crippen molar-refractivity contribution in [1.82, 2.24) is 19.7 Å². The van der Waals surface area contributed by atoms with Gasteiger partial charge in [-0.05, 0) is 43.7 Å². The molecule has 0 radical (unpaired) electrons. The molecule has 7 heteroatoms. The van der Waals surface area contributed by atoms with Crippen molar-refractivity contribution in [1.29, 1.82) is 5.26 Å². The van der Waals surface area contributed by atoms with Gasteiger partial charge in [-0.25, -0.2) is 14.6 Å². The van der Waals surface area contributed by atoms with Crippen LogP contribution in [0.5, 0.6) is 0 Å². The predicted molar refractivity (Wildman–Crippen MR) is 97.2 cm³/mol. The second-order valence-electron chi connectivity index (χ2n) is 5.87. The second kappa shape index (κ2) is 6.99. The summed E-state index contributed by atoms with van der Waals surface area (Å²) in [6.45, 7) is 4.02. The highest BCUT2D eigenvalue weighted by Crippen LogP contribution is 2.20. The SMILES string of the molecule is Cc1cc(C)cc(-c2ncn(C=C(C(N)=O)c3ccnc(C#N)c3)n2)c1. The maximum Gasteiger partial charge on any atom is 0.250 e. The van der Waals surface area contributed by atoms with Gasteiger partial charge in [-0.1, -0.05) is 17.2 Å². The van der Waals surface area contributed by atoms with Gasteiger partial charge in [0.2, 0.25) is 0 Å². The number of nitriles is 1. The highest BCUT2D eigenvalue weighted by molar-refractivity contribution is 6.22. The van der Waals surface area contributed by atoms with Crippen molar-refractivity contribution in [2.45, 2.75) is 13.8 Å².